The fraction of sp³-hybridized carbons (Fsp3) is 0.455. The number of hydrogen-bond acceptors (Lipinski definition) is 3. The third kappa shape index (κ3) is 3.77. The summed E-state index contributed by atoms with van der Waals surface area (Å²) in [6.45, 7) is 2.69. The largest absolute Gasteiger partial charge is 0.459 e. The second-order valence-corrected chi connectivity index (χ2v) is 7.86. The van der Waals surface area contributed by atoms with Crippen molar-refractivity contribution in [3.63, 3.8) is 0 Å². The molecule has 1 aromatic heterocycles. The number of fused-ring (bicyclic) bond motifs is 1. The summed E-state index contributed by atoms with van der Waals surface area (Å²) in [6.07, 6.45) is 6.35. The predicted molar refractivity (Wildman–Crippen MR) is 102 cm³/mol. The molecule has 5 heteroatoms. The average Bonchev–Trinajstić information content (AvgIpc) is 3.23. The van der Waals surface area contributed by atoms with E-state index in [-0.39, 0.29) is 23.6 Å². The molecule has 1 fully saturated rings. The lowest BCUT2D eigenvalue weighted by Gasteiger charge is -2.37. The maximum absolute atomic E-state index is 13.1. The Bertz CT molecular complexity index is 807. The van der Waals surface area contributed by atoms with Crippen molar-refractivity contribution in [3.8, 4) is 0 Å². The molecule has 0 unspecified atom stereocenters. The van der Waals surface area contributed by atoms with Gasteiger partial charge in [-0.2, -0.15) is 0 Å². The second-order valence-electron chi connectivity index (χ2n) is 7.86. The van der Waals surface area contributed by atoms with Gasteiger partial charge in [0.25, 0.3) is 5.91 Å². The minimum atomic E-state index is -0.503. The van der Waals surface area contributed by atoms with Crippen LogP contribution in [0.15, 0.2) is 47.1 Å². The molecule has 4 rings (SSSR count). The molecular weight excluding hydrogens is 340 g/mol. The van der Waals surface area contributed by atoms with E-state index in [1.54, 1.807) is 17.0 Å². The number of carbonyl (C=O) groups excluding carboxylic acids is 2. The fourth-order valence-corrected chi connectivity index (χ4v) is 4.21. The third-order valence-corrected chi connectivity index (χ3v) is 5.91. The van der Waals surface area contributed by atoms with Crippen molar-refractivity contribution in [2.45, 2.75) is 57.7 Å². The molecular formula is C22H26N2O3. The topological polar surface area (TPSA) is 62.6 Å². The Morgan fingerprint density at radius 3 is 2.48 bits per heavy atom. The summed E-state index contributed by atoms with van der Waals surface area (Å²) in [5, 5.41) is 3.21. The van der Waals surface area contributed by atoms with E-state index < -0.39 is 6.04 Å². The molecule has 0 bridgehead atoms. The minimum Gasteiger partial charge on any atom is -0.459 e. The molecule has 1 aliphatic heterocycles. The summed E-state index contributed by atoms with van der Waals surface area (Å²) in [5.41, 5.74) is 2.23. The highest BCUT2D eigenvalue weighted by molar-refractivity contribution is 5.96. The molecule has 1 aromatic carbocycles. The summed E-state index contributed by atoms with van der Waals surface area (Å²) < 4.78 is 5.30. The highest BCUT2D eigenvalue weighted by atomic mass is 16.3. The Kier molecular flexibility index (Phi) is 5.01. The van der Waals surface area contributed by atoms with Crippen LogP contribution in [-0.2, 0) is 17.8 Å². The molecule has 2 aromatic rings. The Hall–Kier alpha value is -2.56. The number of hydrogen-bond donors (Lipinski definition) is 1. The van der Waals surface area contributed by atoms with Gasteiger partial charge in [-0.25, -0.2) is 0 Å². The molecule has 27 heavy (non-hydrogen) atoms. The van der Waals surface area contributed by atoms with E-state index in [1.807, 2.05) is 24.3 Å². The third-order valence-electron chi connectivity index (χ3n) is 5.91. The summed E-state index contributed by atoms with van der Waals surface area (Å²) in [7, 11) is 0. The van der Waals surface area contributed by atoms with Crippen molar-refractivity contribution >= 4 is 11.8 Å². The lowest BCUT2D eigenvalue weighted by molar-refractivity contribution is -0.127. The van der Waals surface area contributed by atoms with Gasteiger partial charge in [0.15, 0.2) is 5.76 Å². The van der Waals surface area contributed by atoms with E-state index in [9.17, 15) is 9.59 Å². The predicted octanol–water partition coefficient (Wildman–Crippen LogP) is 3.54. The molecule has 5 nitrogen and oxygen atoms in total. The van der Waals surface area contributed by atoms with Crippen LogP contribution in [0.1, 0.15) is 54.3 Å². The normalized spacial score (nSPS) is 24.9. The van der Waals surface area contributed by atoms with Crippen LogP contribution >= 0.6 is 0 Å². The highest BCUT2D eigenvalue weighted by Crippen LogP contribution is 2.27. The first-order valence-corrected chi connectivity index (χ1v) is 9.83. The van der Waals surface area contributed by atoms with Gasteiger partial charge >= 0.3 is 0 Å². The summed E-state index contributed by atoms with van der Waals surface area (Å²) in [5.74, 6) is 0.728. The van der Waals surface area contributed by atoms with E-state index >= 15 is 0 Å². The number of furan rings is 1. The monoisotopic (exact) mass is 366 g/mol. The van der Waals surface area contributed by atoms with Gasteiger partial charge in [0.1, 0.15) is 6.04 Å². The number of amides is 2. The first-order chi connectivity index (χ1) is 13.1. The van der Waals surface area contributed by atoms with E-state index in [1.165, 1.54) is 6.26 Å². The van der Waals surface area contributed by atoms with Crippen LogP contribution in [0.25, 0.3) is 0 Å². The number of nitrogens with one attached hydrogen (secondary N) is 1. The van der Waals surface area contributed by atoms with E-state index in [0.29, 0.717) is 13.0 Å². The lowest BCUT2D eigenvalue weighted by Crippen LogP contribution is -2.54. The van der Waals surface area contributed by atoms with E-state index in [0.717, 1.165) is 42.7 Å². The van der Waals surface area contributed by atoms with Crippen molar-refractivity contribution in [1.82, 2.24) is 10.2 Å². The minimum absolute atomic E-state index is 0.0519. The van der Waals surface area contributed by atoms with Crippen LogP contribution in [0, 0.1) is 5.92 Å². The van der Waals surface area contributed by atoms with Crippen molar-refractivity contribution < 1.29 is 14.0 Å². The maximum atomic E-state index is 13.1. The van der Waals surface area contributed by atoms with Gasteiger partial charge in [0.05, 0.1) is 6.26 Å². The molecule has 2 amide bonds. The highest BCUT2D eigenvalue weighted by Gasteiger charge is 2.36. The first kappa shape index (κ1) is 17.8. The number of rotatable bonds is 3. The van der Waals surface area contributed by atoms with Crippen LogP contribution in [-0.4, -0.2) is 28.8 Å². The molecule has 2 heterocycles. The van der Waals surface area contributed by atoms with Gasteiger partial charge in [-0.05, 0) is 54.9 Å². The zero-order chi connectivity index (χ0) is 18.8. The molecule has 1 atom stereocenters. The van der Waals surface area contributed by atoms with Crippen molar-refractivity contribution in [3.05, 3.63) is 59.5 Å². The van der Waals surface area contributed by atoms with Gasteiger partial charge in [-0.15, -0.1) is 0 Å². The summed E-state index contributed by atoms with van der Waals surface area (Å²) >= 11 is 0. The molecule has 1 saturated carbocycles. The van der Waals surface area contributed by atoms with Crippen LogP contribution in [0.3, 0.4) is 0 Å². The first-order valence-electron chi connectivity index (χ1n) is 9.83. The number of carbonyl (C=O) groups is 2. The Balaban J connectivity index is 1.55. The van der Waals surface area contributed by atoms with E-state index in [2.05, 4.69) is 12.2 Å². The van der Waals surface area contributed by atoms with Gasteiger partial charge in [0.2, 0.25) is 5.91 Å². The molecule has 142 valence electrons. The Morgan fingerprint density at radius 2 is 1.78 bits per heavy atom. The van der Waals surface area contributed by atoms with E-state index in [4.69, 9.17) is 4.42 Å². The van der Waals surface area contributed by atoms with Gasteiger partial charge in [0, 0.05) is 19.0 Å². The SMILES string of the molecule is CC1CCC(NC(=O)[C@@H]2Cc3ccccc3CN2C(=O)c2ccco2)CC1. The van der Waals surface area contributed by atoms with Crippen molar-refractivity contribution in [2.24, 2.45) is 5.92 Å². The lowest BCUT2D eigenvalue weighted by atomic mass is 9.87. The standard InChI is InChI=1S/C22H26N2O3/c1-15-8-10-18(11-9-15)23-21(25)19-13-16-5-2-3-6-17(16)14-24(19)22(26)20-7-4-12-27-20/h2-7,12,15,18-19H,8-11,13-14H2,1H3,(H,23,25)/t15?,18?,19-/m0/s1. The summed E-state index contributed by atoms with van der Waals surface area (Å²) in [6, 6.07) is 11.1. The van der Waals surface area contributed by atoms with Crippen LogP contribution in [0.4, 0.5) is 0 Å². The van der Waals surface area contributed by atoms with Crippen molar-refractivity contribution in [2.75, 3.05) is 0 Å². The van der Waals surface area contributed by atoms with Gasteiger partial charge in [-0.3, -0.25) is 9.59 Å². The zero-order valence-electron chi connectivity index (χ0n) is 15.7. The van der Waals surface area contributed by atoms with Gasteiger partial charge in [-0.1, -0.05) is 31.2 Å². The molecule has 1 aliphatic carbocycles. The van der Waals surface area contributed by atoms with Crippen LogP contribution < -0.4 is 5.32 Å². The van der Waals surface area contributed by atoms with Crippen molar-refractivity contribution in [1.29, 1.82) is 0 Å². The second kappa shape index (κ2) is 7.59. The van der Waals surface area contributed by atoms with Gasteiger partial charge < -0.3 is 14.6 Å². The molecule has 2 aliphatic rings. The molecule has 0 saturated heterocycles. The van der Waals surface area contributed by atoms with Crippen LogP contribution in [0.5, 0.6) is 0 Å². The Morgan fingerprint density at radius 1 is 1.04 bits per heavy atom. The quantitative estimate of drug-likeness (QED) is 0.904. The molecule has 0 radical (unpaired) electrons. The molecule has 1 N–H and O–H groups in total. The Labute approximate surface area is 159 Å². The zero-order valence-corrected chi connectivity index (χ0v) is 15.7. The summed E-state index contributed by atoms with van der Waals surface area (Å²) in [4.78, 5) is 27.7. The maximum Gasteiger partial charge on any atom is 0.290 e. The average molecular weight is 366 g/mol. The fourth-order valence-electron chi connectivity index (χ4n) is 4.21. The number of nitrogens with zero attached hydrogens (tertiary/aromatic N) is 1. The number of benzene rings is 1. The van der Waals surface area contributed by atoms with Crippen LogP contribution in [0.2, 0.25) is 0 Å². The molecule has 0 spiro atoms. The smallest absolute Gasteiger partial charge is 0.290 e.